The van der Waals surface area contributed by atoms with E-state index in [0.717, 1.165) is 5.56 Å². The molecule has 3 heterocycles. The zero-order chi connectivity index (χ0) is 24.4. The molecule has 0 saturated heterocycles. The molecule has 0 bridgehead atoms. The number of anilines is 2. The standard InChI is InChI=1S/C25H20F2N6O2/c1-2-32-15-29-23-22(32)24(34)31-25(33(23)14-16-3-5-17(26)6-4-16)30-18-7-9-19(10-8-18)35-20-11-12-28-21(27)13-20/h3-13,15H,2,14H2,1H3,(H,30,31,34). The van der Waals surface area contributed by atoms with Crippen LogP contribution in [0.5, 0.6) is 11.5 Å². The molecule has 0 amide bonds. The molecule has 0 aliphatic heterocycles. The van der Waals surface area contributed by atoms with Gasteiger partial charge in [0.05, 0.1) is 12.9 Å². The maximum absolute atomic E-state index is 13.4. The molecule has 8 nitrogen and oxygen atoms in total. The third-order valence-electron chi connectivity index (χ3n) is 5.38. The molecule has 5 rings (SSSR count). The van der Waals surface area contributed by atoms with Crippen LogP contribution in [0.25, 0.3) is 11.2 Å². The number of ether oxygens (including phenoxy) is 1. The van der Waals surface area contributed by atoms with E-state index >= 15 is 0 Å². The Morgan fingerprint density at radius 2 is 1.74 bits per heavy atom. The number of aromatic nitrogens is 5. The number of benzene rings is 2. The summed E-state index contributed by atoms with van der Waals surface area (Å²) in [6.45, 7) is 2.81. The SMILES string of the molecule is CCn1cnc2c1c(=O)nc(Nc1ccc(Oc3ccnc(F)c3)cc1)n2Cc1ccc(F)cc1. The van der Waals surface area contributed by atoms with Gasteiger partial charge in [-0.25, -0.2) is 14.4 Å². The first-order valence-corrected chi connectivity index (χ1v) is 10.9. The maximum atomic E-state index is 13.4. The highest BCUT2D eigenvalue weighted by Gasteiger charge is 2.16. The van der Waals surface area contributed by atoms with Crippen LogP contribution < -0.4 is 15.6 Å². The normalized spacial score (nSPS) is 11.1. The molecule has 0 saturated carbocycles. The van der Waals surface area contributed by atoms with Crippen LogP contribution in [0.2, 0.25) is 0 Å². The first kappa shape index (κ1) is 22.2. The van der Waals surface area contributed by atoms with Gasteiger partial charge < -0.3 is 14.6 Å². The van der Waals surface area contributed by atoms with E-state index in [-0.39, 0.29) is 11.8 Å². The van der Waals surface area contributed by atoms with Gasteiger partial charge in [0.15, 0.2) is 11.2 Å². The molecule has 35 heavy (non-hydrogen) atoms. The molecule has 0 atom stereocenters. The zero-order valence-electron chi connectivity index (χ0n) is 18.7. The first-order chi connectivity index (χ1) is 17.0. The van der Waals surface area contributed by atoms with Gasteiger partial charge in [0.2, 0.25) is 11.9 Å². The Labute approximate surface area is 198 Å². The predicted octanol–water partition coefficient (Wildman–Crippen LogP) is 4.87. The van der Waals surface area contributed by atoms with Crippen LogP contribution in [0.4, 0.5) is 20.4 Å². The lowest BCUT2D eigenvalue weighted by molar-refractivity contribution is 0.472. The Morgan fingerprint density at radius 1 is 0.971 bits per heavy atom. The molecule has 3 aromatic heterocycles. The number of nitrogens with zero attached hydrogens (tertiary/aromatic N) is 5. The number of rotatable bonds is 7. The molecule has 0 aliphatic rings. The lowest BCUT2D eigenvalue weighted by atomic mass is 10.2. The Balaban J connectivity index is 1.48. The minimum absolute atomic E-state index is 0.290. The fourth-order valence-corrected chi connectivity index (χ4v) is 3.67. The fraction of sp³-hybridized carbons (Fsp3) is 0.120. The summed E-state index contributed by atoms with van der Waals surface area (Å²) in [5.41, 5.74) is 1.93. The molecule has 2 aromatic carbocycles. The lowest BCUT2D eigenvalue weighted by Crippen LogP contribution is -2.20. The minimum atomic E-state index is -0.633. The number of hydrogen-bond acceptors (Lipinski definition) is 6. The summed E-state index contributed by atoms with van der Waals surface area (Å²) in [5.74, 6) is 0.146. The topological polar surface area (TPSA) is 86.9 Å². The summed E-state index contributed by atoms with van der Waals surface area (Å²) in [5, 5.41) is 3.17. The number of pyridine rings is 1. The molecular weight excluding hydrogens is 454 g/mol. The van der Waals surface area contributed by atoms with Gasteiger partial charge in [0.1, 0.15) is 17.3 Å². The minimum Gasteiger partial charge on any atom is -0.457 e. The van der Waals surface area contributed by atoms with E-state index in [0.29, 0.717) is 41.4 Å². The quantitative estimate of drug-likeness (QED) is 0.339. The molecule has 1 N–H and O–H groups in total. The highest BCUT2D eigenvalue weighted by atomic mass is 19.1. The average molecular weight is 474 g/mol. The average Bonchev–Trinajstić information content (AvgIpc) is 3.29. The Morgan fingerprint density at radius 3 is 2.46 bits per heavy atom. The molecule has 176 valence electrons. The molecule has 0 unspecified atom stereocenters. The first-order valence-electron chi connectivity index (χ1n) is 10.9. The second-order valence-electron chi connectivity index (χ2n) is 7.72. The molecular formula is C25H20F2N6O2. The number of imidazole rings is 1. The van der Waals surface area contributed by atoms with Crippen LogP contribution in [0.3, 0.4) is 0 Å². The second-order valence-corrected chi connectivity index (χ2v) is 7.72. The summed E-state index contributed by atoms with van der Waals surface area (Å²) >= 11 is 0. The maximum Gasteiger partial charge on any atom is 0.300 e. The summed E-state index contributed by atoms with van der Waals surface area (Å²) in [4.78, 5) is 25.1. The van der Waals surface area contributed by atoms with Gasteiger partial charge in [0, 0.05) is 24.5 Å². The Bertz CT molecular complexity index is 1550. The van der Waals surface area contributed by atoms with Crippen molar-refractivity contribution in [2.45, 2.75) is 20.0 Å². The van der Waals surface area contributed by atoms with Crippen molar-refractivity contribution in [2.24, 2.45) is 0 Å². The van der Waals surface area contributed by atoms with E-state index < -0.39 is 11.5 Å². The van der Waals surface area contributed by atoms with Gasteiger partial charge in [-0.1, -0.05) is 12.1 Å². The molecule has 0 aliphatic carbocycles. The monoisotopic (exact) mass is 474 g/mol. The van der Waals surface area contributed by atoms with E-state index in [2.05, 4.69) is 20.3 Å². The highest BCUT2D eigenvalue weighted by Crippen LogP contribution is 2.25. The van der Waals surface area contributed by atoms with Gasteiger partial charge in [-0.05, 0) is 55.0 Å². The summed E-state index contributed by atoms with van der Waals surface area (Å²) in [6.07, 6.45) is 2.93. The van der Waals surface area contributed by atoms with E-state index in [1.807, 2.05) is 6.92 Å². The van der Waals surface area contributed by atoms with Gasteiger partial charge in [-0.3, -0.25) is 9.36 Å². The molecule has 5 aromatic rings. The zero-order valence-corrected chi connectivity index (χ0v) is 18.7. The van der Waals surface area contributed by atoms with Crippen LogP contribution in [0.1, 0.15) is 12.5 Å². The van der Waals surface area contributed by atoms with Crippen molar-refractivity contribution in [3.8, 4) is 11.5 Å². The van der Waals surface area contributed by atoms with Crippen LogP contribution in [0, 0.1) is 11.8 Å². The summed E-state index contributed by atoms with van der Waals surface area (Å²) in [7, 11) is 0. The van der Waals surface area contributed by atoms with Crippen LogP contribution in [0.15, 0.2) is 78.0 Å². The number of halogens is 2. The van der Waals surface area contributed by atoms with Crippen molar-refractivity contribution in [1.29, 1.82) is 0 Å². The smallest absolute Gasteiger partial charge is 0.300 e. The largest absolute Gasteiger partial charge is 0.457 e. The lowest BCUT2D eigenvalue weighted by Gasteiger charge is -2.15. The Kier molecular flexibility index (Phi) is 5.92. The van der Waals surface area contributed by atoms with E-state index in [1.54, 1.807) is 57.9 Å². The summed E-state index contributed by atoms with van der Waals surface area (Å²) < 4.78 is 35.9. The third kappa shape index (κ3) is 4.72. The molecule has 10 heteroatoms. The summed E-state index contributed by atoms with van der Waals surface area (Å²) in [6, 6.07) is 15.8. The van der Waals surface area contributed by atoms with Gasteiger partial charge in [-0.15, -0.1) is 0 Å². The molecule has 0 spiro atoms. The number of fused-ring (bicyclic) bond motifs is 1. The van der Waals surface area contributed by atoms with Crippen molar-refractivity contribution >= 4 is 22.8 Å². The number of aryl methyl sites for hydroxylation is 1. The van der Waals surface area contributed by atoms with Crippen molar-refractivity contribution < 1.29 is 13.5 Å². The van der Waals surface area contributed by atoms with Crippen LogP contribution in [-0.4, -0.2) is 24.1 Å². The molecule has 0 fully saturated rings. The van der Waals surface area contributed by atoms with Crippen molar-refractivity contribution in [3.05, 3.63) is 101 Å². The van der Waals surface area contributed by atoms with Crippen LogP contribution >= 0.6 is 0 Å². The van der Waals surface area contributed by atoms with E-state index in [1.165, 1.54) is 24.4 Å². The van der Waals surface area contributed by atoms with E-state index in [4.69, 9.17) is 4.74 Å². The third-order valence-corrected chi connectivity index (χ3v) is 5.38. The van der Waals surface area contributed by atoms with Gasteiger partial charge in [0.25, 0.3) is 0 Å². The second kappa shape index (κ2) is 9.34. The molecule has 0 radical (unpaired) electrons. The highest BCUT2D eigenvalue weighted by molar-refractivity contribution is 5.73. The van der Waals surface area contributed by atoms with Gasteiger partial charge in [-0.2, -0.15) is 9.37 Å². The fourth-order valence-electron chi connectivity index (χ4n) is 3.67. The predicted molar refractivity (Wildman–Crippen MR) is 127 cm³/mol. The van der Waals surface area contributed by atoms with Crippen molar-refractivity contribution in [1.82, 2.24) is 24.1 Å². The number of nitrogens with one attached hydrogen (secondary N) is 1. The Hall–Kier alpha value is -4.60. The van der Waals surface area contributed by atoms with E-state index in [9.17, 15) is 13.6 Å². The van der Waals surface area contributed by atoms with Crippen molar-refractivity contribution in [2.75, 3.05) is 5.32 Å². The number of hydrogen-bond donors (Lipinski definition) is 1. The van der Waals surface area contributed by atoms with Crippen LogP contribution in [-0.2, 0) is 13.1 Å². The van der Waals surface area contributed by atoms with Gasteiger partial charge >= 0.3 is 5.56 Å². The van der Waals surface area contributed by atoms with Crippen molar-refractivity contribution in [3.63, 3.8) is 0 Å².